The summed E-state index contributed by atoms with van der Waals surface area (Å²) in [6, 6.07) is 14.9. The van der Waals surface area contributed by atoms with Crippen LogP contribution in [0.2, 0.25) is 0 Å². The van der Waals surface area contributed by atoms with E-state index in [1.807, 2.05) is 55.5 Å². The molecular formula is C19H20N2O3. The summed E-state index contributed by atoms with van der Waals surface area (Å²) >= 11 is 0. The fraction of sp³-hybridized carbons (Fsp3) is 0.263. The lowest BCUT2D eigenvalue weighted by molar-refractivity contribution is -0.122. The van der Waals surface area contributed by atoms with Gasteiger partial charge in [0.05, 0.1) is 24.4 Å². The van der Waals surface area contributed by atoms with Gasteiger partial charge in [-0.25, -0.2) is 0 Å². The van der Waals surface area contributed by atoms with Gasteiger partial charge in [-0.05, 0) is 36.8 Å². The lowest BCUT2D eigenvalue weighted by Gasteiger charge is -2.34. The molecule has 0 radical (unpaired) electrons. The van der Waals surface area contributed by atoms with Gasteiger partial charge < -0.3 is 14.5 Å². The number of amides is 2. The monoisotopic (exact) mass is 324 g/mol. The fourth-order valence-electron chi connectivity index (χ4n) is 2.80. The van der Waals surface area contributed by atoms with Crippen LogP contribution in [0.15, 0.2) is 48.5 Å². The molecule has 5 heteroatoms. The molecule has 0 saturated carbocycles. The molecule has 2 aromatic rings. The molecule has 0 aromatic heterocycles. The Morgan fingerprint density at radius 3 is 2.42 bits per heavy atom. The number of rotatable bonds is 4. The summed E-state index contributed by atoms with van der Waals surface area (Å²) < 4.78 is 5.41. The summed E-state index contributed by atoms with van der Waals surface area (Å²) in [4.78, 5) is 28.0. The highest BCUT2D eigenvalue weighted by Gasteiger charge is 2.30. The molecule has 0 N–H and O–H groups in total. The van der Waals surface area contributed by atoms with Gasteiger partial charge in [-0.1, -0.05) is 24.3 Å². The number of fused-ring (bicyclic) bond motifs is 1. The first-order valence-corrected chi connectivity index (χ1v) is 7.98. The van der Waals surface area contributed by atoms with E-state index in [9.17, 15) is 9.59 Å². The van der Waals surface area contributed by atoms with Gasteiger partial charge in [0.25, 0.3) is 0 Å². The van der Waals surface area contributed by atoms with E-state index < -0.39 is 0 Å². The van der Waals surface area contributed by atoms with Gasteiger partial charge in [-0.3, -0.25) is 9.59 Å². The molecule has 24 heavy (non-hydrogen) atoms. The number of hydrogen-bond donors (Lipinski definition) is 0. The van der Waals surface area contributed by atoms with Crippen LogP contribution >= 0.6 is 0 Å². The predicted octanol–water partition coefficient (Wildman–Crippen LogP) is 2.64. The lowest BCUT2D eigenvalue weighted by atomic mass is 10.1. The van der Waals surface area contributed by atoms with Gasteiger partial charge in [-0.15, -0.1) is 0 Å². The molecule has 5 nitrogen and oxygen atoms in total. The van der Waals surface area contributed by atoms with Gasteiger partial charge >= 0.3 is 0 Å². The average Bonchev–Trinajstić information content (AvgIpc) is 2.60. The molecule has 0 bridgehead atoms. The Kier molecular flexibility index (Phi) is 4.51. The number of ether oxygens (including phenoxy) is 1. The van der Waals surface area contributed by atoms with Crippen LogP contribution in [0.1, 0.15) is 12.5 Å². The molecule has 0 atom stereocenters. The van der Waals surface area contributed by atoms with Crippen molar-refractivity contribution in [2.75, 3.05) is 30.0 Å². The van der Waals surface area contributed by atoms with Crippen LogP contribution in [0, 0.1) is 0 Å². The molecule has 3 rings (SSSR count). The van der Waals surface area contributed by atoms with Gasteiger partial charge in [0.15, 0.2) is 0 Å². The third kappa shape index (κ3) is 3.11. The van der Waals surface area contributed by atoms with E-state index in [2.05, 4.69) is 0 Å². The minimum Gasteiger partial charge on any atom is -0.494 e. The van der Waals surface area contributed by atoms with E-state index in [0.717, 1.165) is 22.7 Å². The molecule has 0 unspecified atom stereocenters. The number of nitrogens with zero attached hydrogens (tertiary/aromatic N) is 2. The van der Waals surface area contributed by atoms with E-state index in [1.54, 1.807) is 16.8 Å². The van der Waals surface area contributed by atoms with Crippen LogP contribution in [0.25, 0.3) is 0 Å². The van der Waals surface area contributed by atoms with Gasteiger partial charge in [0.1, 0.15) is 12.3 Å². The minimum absolute atomic E-state index is 0.0728. The molecular weight excluding hydrogens is 304 g/mol. The molecule has 0 fully saturated rings. The maximum absolute atomic E-state index is 12.7. The quantitative estimate of drug-likeness (QED) is 0.869. The normalized spacial score (nSPS) is 13.7. The van der Waals surface area contributed by atoms with E-state index in [0.29, 0.717) is 6.61 Å². The van der Waals surface area contributed by atoms with E-state index in [-0.39, 0.29) is 24.8 Å². The average molecular weight is 324 g/mol. The summed E-state index contributed by atoms with van der Waals surface area (Å²) in [7, 11) is 1.73. The molecule has 2 amide bonds. The van der Waals surface area contributed by atoms with Gasteiger partial charge in [0, 0.05) is 7.05 Å². The topological polar surface area (TPSA) is 49.9 Å². The Balaban J connectivity index is 1.80. The van der Waals surface area contributed by atoms with Crippen LogP contribution in [0.4, 0.5) is 11.4 Å². The first kappa shape index (κ1) is 16.1. The number of carbonyl (C=O) groups excluding carboxylic acids is 2. The third-order valence-electron chi connectivity index (χ3n) is 4.09. The highest BCUT2D eigenvalue weighted by atomic mass is 16.5. The molecule has 0 spiro atoms. The van der Waals surface area contributed by atoms with Crippen molar-refractivity contribution in [2.24, 2.45) is 0 Å². The molecule has 0 aliphatic carbocycles. The Morgan fingerprint density at radius 2 is 1.75 bits per heavy atom. The van der Waals surface area contributed by atoms with Crippen LogP contribution < -0.4 is 14.5 Å². The maximum atomic E-state index is 12.7. The Bertz CT molecular complexity index is 755. The minimum atomic E-state index is -0.0898. The molecule has 124 valence electrons. The summed E-state index contributed by atoms with van der Waals surface area (Å²) in [5, 5.41) is 0. The largest absolute Gasteiger partial charge is 0.494 e. The van der Waals surface area contributed by atoms with Crippen LogP contribution in [-0.4, -0.2) is 32.0 Å². The third-order valence-corrected chi connectivity index (χ3v) is 4.09. The first-order valence-electron chi connectivity index (χ1n) is 7.98. The van der Waals surface area contributed by atoms with E-state index >= 15 is 0 Å². The van der Waals surface area contributed by atoms with Crippen molar-refractivity contribution < 1.29 is 14.3 Å². The second-order valence-electron chi connectivity index (χ2n) is 5.68. The SMILES string of the molecule is CCOc1ccc(CC(=O)N2CC(=O)N(C)c3ccccc32)cc1. The molecule has 0 saturated heterocycles. The summed E-state index contributed by atoms with van der Waals surface area (Å²) in [5.41, 5.74) is 2.43. The zero-order chi connectivity index (χ0) is 17.1. The van der Waals surface area contributed by atoms with Crippen molar-refractivity contribution in [3.63, 3.8) is 0 Å². The molecule has 1 aliphatic rings. The highest BCUT2D eigenvalue weighted by Crippen LogP contribution is 2.32. The number of para-hydroxylation sites is 2. The number of anilines is 2. The predicted molar refractivity (Wildman–Crippen MR) is 93.5 cm³/mol. The number of likely N-dealkylation sites (N-methyl/N-ethyl adjacent to an activating group) is 1. The Labute approximate surface area is 141 Å². The Morgan fingerprint density at radius 1 is 1.08 bits per heavy atom. The van der Waals surface area contributed by atoms with Crippen molar-refractivity contribution in [1.82, 2.24) is 0 Å². The van der Waals surface area contributed by atoms with Crippen LogP contribution in [-0.2, 0) is 16.0 Å². The fourth-order valence-corrected chi connectivity index (χ4v) is 2.80. The zero-order valence-corrected chi connectivity index (χ0v) is 13.9. The summed E-state index contributed by atoms with van der Waals surface area (Å²) in [5.74, 6) is 0.607. The Hall–Kier alpha value is -2.82. The second kappa shape index (κ2) is 6.74. The lowest BCUT2D eigenvalue weighted by Crippen LogP contribution is -2.47. The maximum Gasteiger partial charge on any atom is 0.246 e. The van der Waals surface area contributed by atoms with Crippen LogP contribution in [0.3, 0.4) is 0 Å². The number of hydrogen-bond acceptors (Lipinski definition) is 3. The van der Waals surface area contributed by atoms with Crippen molar-refractivity contribution in [2.45, 2.75) is 13.3 Å². The molecule has 1 heterocycles. The van der Waals surface area contributed by atoms with E-state index in [4.69, 9.17) is 4.74 Å². The molecule has 2 aromatic carbocycles. The molecule has 1 aliphatic heterocycles. The van der Waals surface area contributed by atoms with Gasteiger partial charge in [-0.2, -0.15) is 0 Å². The summed E-state index contributed by atoms with van der Waals surface area (Å²) in [6.07, 6.45) is 0.248. The van der Waals surface area contributed by atoms with Gasteiger partial charge in [0.2, 0.25) is 11.8 Å². The van der Waals surface area contributed by atoms with Crippen molar-refractivity contribution >= 4 is 23.2 Å². The first-order chi connectivity index (χ1) is 11.6. The highest BCUT2D eigenvalue weighted by molar-refractivity contribution is 6.11. The second-order valence-corrected chi connectivity index (χ2v) is 5.68. The standard InChI is InChI=1S/C19H20N2O3/c1-3-24-15-10-8-14(9-11-15)12-18(22)21-13-19(23)20(2)16-6-4-5-7-17(16)21/h4-11H,3,12-13H2,1-2H3. The van der Waals surface area contributed by atoms with Crippen molar-refractivity contribution in [3.05, 3.63) is 54.1 Å². The summed E-state index contributed by atoms with van der Waals surface area (Å²) in [6.45, 7) is 2.61. The van der Waals surface area contributed by atoms with Crippen molar-refractivity contribution in [1.29, 1.82) is 0 Å². The number of carbonyl (C=O) groups is 2. The van der Waals surface area contributed by atoms with E-state index in [1.165, 1.54) is 0 Å². The van der Waals surface area contributed by atoms with Crippen molar-refractivity contribution in [3.8, 4) is 5.75 Å². The number of benzene rings is 2. The smallest absolute Gasteiger partial charge is 0.246 e. The zero-order valence-electron chi connectivity index (χ0n) is 13.9. The van der Waals surface area contributed by atoms with Crippen LogP contribution in [0.5, 0.6) is 5.75 Å².